The van der Waals surface area contributed by atoms with E-state index in [-0.39, 0.29) is 10.8 Å². The lowest BCUT2D eigenvalue weighted by Gasteiger charge is -2.08. The third-order valence-corrected chi connectivity index (χ3v) is 4.12. The summed E-state index contributed by atoms with van der Waals surface area (Å²) >= 11 is 0. The molecule has 0 saturated carbocycles. The molecule has 7 heteroatoms. The lowest BCUT2D eigenvalue weighted by Crippen LogP contribution is -2.16. The molecule has 21 heavy (non-hydrogen) atoms. The molecule has 0 bridgehead atoms. The molecule has 0 unspecified atom stereocenters. The highest BCUT2D eigenvalue weighted by Crippen LogP contribution is 2.17. The molecule has 2 rings (SSSR count). The van der Waals surface area contributed by atoms with Gasteiger partial charge in [0.2, 0.25) is 0 Å². The van der Waals surface area contributed by atoms with Gasteiger partial charge in [0.1, 0.15) is 5.69 Å². The van der Waals surface area contributed by atoms with Crippen LogP contribution in [0.5, 0.6) is 0 Å². The number of nitrogen functional groups attached to an aromatic ring is 1. The molecule has 0 radical (unpaired) electrons. The lowest BCUT2D eigenvalue weighted by atomic mass is 10.3. The van der Waals surface area contributed by atoms with Crippen molar-refractivity contribution in [3.05, 3.63) is 42.2 Å². The Morgan fingerprint density at radius 2 is 2.05 bits per heavy atom. The Bertz CT molecular complexity index is 779. The van der Waals surface area contributed by atoms with E-state index in [2.05, 4.69) is 5.32 Å². The molecule has 0 aliphatic heterocycles. The minimum Gasteiger partial charge on any atom is -0.397 e. The Kier molecular flexibility index (Phi) is 4.04. The first-order valence-corrected chi connectivity index (χ1v) is 8.27. The molecule has 0 aliphatic rings. The third-order valence-electron chi connectivity index (χ3n) is 3.01. The minimum absolute atomic E-state index is 0.158. The van der Waals surface area contributed by atoms with Crippen LogP contribution < -0.4 is 11.1 Å². The van der Waals surface area contributed by atoms with Crippen molar-refractivity contribution in [1.29, 1.82) is 0 Å². The molecule has 3 N–H and O–H groups in total. The van der Waals surface area contributed by atoms with Crippen LogP contribution in [-0.2, 0) is 16.4 Å². The van der Waals surface area contributed by atoms with E-state index >= 15 is 0 Å². The summed E-state index contributed by atoms with van der Waals surface area (Å²) in [5, 5.41) is 2.68. The number of rotatable bonds is 4. The molecule has 1 heterocycles. The minimum atomic E-state index is -3.31. The zero-order valence-corrected chi connectivity index (χ0v) is 12.6. The van der Waals surface area contributed by atoms with Crippen molar-refractivity contribution in [1.82, 2.24) is 4.57 Å². The van der Waals surface area contributed by atoms with Gasteiger partial charge in [-0.25, -0.2) is 8.42 Å². The number of aryl methyl sites for hydroxylation is 1. The maximum absolute atomic E-state index is 12.2. The summed E-state index contributed by atoms with van der Waals surface area (Å²) in [6, 6.07) is 7.71. The molecular weight excluding hydrogens is 290 g/mol. The van der Waals surface area contributed by atoms with Crippen LogP contribution in [0.2, 0.25) is 0 Å². The van der Waals surface area contributed by atoms with E-state index in [0.29, 0.717) is 23.6 Å². The van der Waals surface area contributed by atoms with Crippen LogP contribution in [0.1, 0.15) is 17.4 Å². The number of anilines is 2. The van der Waals surface area contributed by atoms with Gasteiger partial charge in [0.05, 0.1) is 10.6 Å². The zero-order valence-electron chi connectivity index (χ0n) is 11.8. The standard InChI is InChI=1S/C14H17N3O3S/c1-3-17-9-10(15)7-13(17)14(18)16-11-5-4-6-12(8-11)21(2,19)20/h4-9H,3,15H2,1-2H3,(H,16,18). The summed E-state index contributed by atoms with van der Waals surface area (Å²) in [6.45, 7) is 2.52. The number of amides is 1. The van der Waals surface area contributed by atoms with Gasteiger partial charge in [0.25, 0.3) is 5.91 Å². The second-order valence-corrected chi connectivity index (χ2v) is 6.71. The quantitative estimate of drug-likeness (QED) is 0.899. The van der Waals surface area contributed by atoms with Crippen molar-refractivity contribution in [2.24, 2.45) is 0 Å². The highest BCUT2D eigenvalue weighted by Gasteiger charge is 2.13. The molecule has 1 amide bonds. The van der Waals surface area contributed by atoms with Crippen LogP contribution in [-0.4, -0.2) is 25.1 Å². The third kappa shape index (κ3) is 3.43. The van der Waals surface area contributed by atoms with Gasteiger partial charge in [0, 0.05) is 24.7 Å². The monoisotopic (exact) mass is 307 g/mol. The van der Waals surface area contributed by atoms with Gasteiger partial charge in [-0.1, -0.05) is 6.07 Å². The number of nitrogens with two attached hydrogens (primary N) is 1. The van der Waals surface area contributed by atoms with Gasteiger partial charge in [0.15, 0.2) is 9.84 Å². The fraction of sp³-hybridized carbons (Fsp3) is 0.214. The van der Waals surface area contributed by atoms with Crippen molar-refractivity contribution in [2.45, 2.75) is 18.4 Å². The predicted octanol–water partition coefficient (Wildman–Crippen LogP) is 1.75. The summed E-state index contributed by atoms with van der Waals surface area (Å²) < 4.78 is 24.7. The Morgan fingerprint density at radius 1 is 1.33 bits per heavy atom. The lowest BCUT2D eigenvalue weighted by molar-refractivity contribution is 0.101. The molecule has 2 aromatic rings. The first-order valence-electron chi connectivity index (χ1n) is 6.38. The summed E-state index contributed by atoms with van der Waals surface area (Å²) in [5.41, 5.74) is 7.05. The maximum atomic E-state index is 12.2. The van der Waals surface area contributed by atoms with Crippen LogP contribution in [0.4, 0.5) is 11.4 Å². The average Bonchev–Trinajstić information content (AvgIpc) is 2.79. The van der Waals surface area contributed by atoms with Gasteiger partial charge in [-0.05, 0) is 31.2 Å². The van der Waals surface area contributed by atoms with Crippen molar-refractivity contribution >= 4 is 27.1 Å². The number of hydrogen-bond donors (Lipinski definition) is 2. The van der Waals surface area contributed by atoms with E-state index in [1.807, 2.05) is 6.92 Å². The van der Waals surface area contributed by atoms with Gasteiger partial charge in [-0.2, -0.15) is 0 Å². The van der Waals surface area contributed by atoms with E-state index in [4.69, 9.17) is 5.73 Å². The van der Waals surface area contributed by atoms with Crippen LogP contribution in [0.3, 0.4) is 0 Å². The Balaban J connectivity index is 2.28. The van der Waals surface area contributed by atoms with E-state index in [1.165, 1.54) is 12.1 Å². The second kappa shape index (κ2) is 5.61. The van der Waals surface area contributed by atoms with E-state index < -0.39 is 9.84 Å². The number of nitrogens with zero attached hydrogens (tertiary/aromatic N) is 1. The van der Waals surface area contributed by atoms with Gasteiger partial charge in [-0.3, -0.25) is 4.79 Å². The summed E-state index contributed by atoms with van der Waals surface area (Å²) in [4.78, 5) is 12.4. The molecule has 0 atom stereocenters. The summed E-state index contributed by atoms with van der Waals surface area (Å²) in [5.74, 6) is -0.334. The van der Waals surface area contributed by atoms with Crippen molar-refractivity contribution in [2.75, 3.05) is 17.3 Å². The van der Waals surface area contributed by atoms with E-state index in [0.717, 1.165) is 6.26 Å². The normalized spacial score (nSPS) is 11.3. The summed E-state index contributed by atoms with van der Waals surface area (Å²) in [7, 11) is -3.31. The zero-order chi connectivity index (χ0) is 15.6. The predicted molar refractivity (Wildman–Crippen MR) is 82.0 cm³/mol. The number of hydrogen-bond acceptors (Lipinski definition) is 4. The first kappa shape index (κ1) is 15.1. The number of aromatic nitrogens is 1. The molecule has 0 aliphatic carbocycles. The van der Waals surface area contributed by atoms with Crippen molar-refractivity contribution < 1.29 is 13.2 Å². The molecule has 112 valence electrons. The number of carbonyl (C=O) groups is 1. The van der Waals surface area contributed by atoms with Gasteiger partial charge in [-0.15, -0.1) is 0 Å². The smallest absolute Gasteiger partial charge is 0.272 e. The number of nitrogens with one attached hydrogen (secondary N) is 1. The molecule has 0 saturated heterocycles. The highest BCUT2D eigenvalue weighted by atomic mass is 32.2. The highest BCUT2D eigenvalue weighted by molar-refractivity contribution is 7.90. The van der Waals surface area contributed by atoms with Crippen LogP contribution in [0.25, 0.3) is 0 Å². The molecule has 6 nitrogen and oxygen atoms in total. The largest absolute Gasteiger partial charge is 0.397 e. The van der Waals surface area contributed by atoms with Gasteiger partial charge < -0.3 is 15.6 Å². The SMILES string of the molecule is CCn1cc(N)cc1C(=O)Nc1cccc(S(C)(=O)=O)c1. The molecule has 1 aromatic heterocycles. The number of sulfone groups is 1. The Labute approximate surface area is 123 Å². The molecule has 0 fully saturated rings. The average molecular weight is 307 g/mol. The number of benzene rings is 1. The first-order chi connectivity index (χ1) is 9.81. The van der Waals surface area contributed by atoms with Crippen LogP contribution in [0.15, 0.2) is 41.4 Å². The molecular formula is C14H17N3O3S. The fourth-order valence-corrected chi connectivity index (χ4v) is 2.65. The second-order valence-electron chi connectivity index (χ2n) is 4.70. The van der Waals surface area contributed by atoms with Crippen molar-refractivity contribution in [3.8, 4) is 0 Å². The Morgan fingerprint density at radius 3 is 2.67 bits per heavy atom. The fourth-order valence-electron chi connectivity index (χ4n) is 1.98. The van der Waals surface area contributed by atoms with Gasteiger partial charge >= 0.3 is 0 Å². The summed E-state index contributed by atoms with van der Waals surface area (Å²) in [6.07, 6.45) is 2.80. The Hall–Kier alpha value is -2.28. The molecule has 1 aromatic carbocycles. The number of carbonyl (C=O) groups excluding carboxylic acids is 1. The van der Waals surface area contributed by atoms with Crippen molar-refractivity contribution in [3.63, 3.8) is 0 Å². The van der Waals surface area contributed by atoms with Crippen LogP contribution >= 0.6 is 0 Å². The van der Waals surface area contributed by atoms with E-state index in [1.54, 1.807) is 29.0 Å². The van der Waals surface area contributed by atoms with Crippen LogP contribution in [0, 0.1) is 0 Å². The topological polar surface area (TPSA) is 94.2 Å². The molecule has 0 spiro atoms. The van der Waals surface area contributed by atoms with E-state index in [9.17, 15) is 13.2 Å². The maximum Gasteiger partial charge on any atom is 0.272 e.